The summed E-state index contributed by atoms with van der Waals surface area (Å²) in [7, 11) is 0. The largest absolute Gasteiger partial charge is 0.308 e. The predicted molar refractivity (Wildman–Crippen MR) is 50.2 cm³/mol. The zero-order valence-electron chi connectivity index (χ0n) is 7.14. The van der Waals surface area contributed by atoms with E-state index in [2.05, 4.69) is 15.2 Å². The molecule has 2 aliphatic rings. The van der Waals surface area contributed by atoms with Crippen molar-refractivity contribution < 1.29 is 0 Å². The van der Waals surface area contributed by atoms with Crippen molar-refractivity contribution in [1.29, 1.82) is 0 Å². The molecule has 0 saturated carbocycles. The molecule has 1 N–H and O–H groups in total. The van der Waals surface area contributed by atoms with Gasteiger partial charge in [-0.15, -0.1) is 0 Å². The summed E-state index contributed by atoms with van der Waals surface area (Å²) < 4.78 is 1.79. The molecule has 0 spiro atoms. The molecule has 0 aromatic carbocycles. The molecule has 3 heterocycles. The van der Waals surface area contributed by atoms with Crippen molar-refractivity contribution in [3.05, 3.63) is 41.1 Å². The Morgan fingerprint density at radius 3 is 3.29 bits per heavy atom. The maximum Gasteiger partial charge on any atom is 0.275 e. The van der Waals surface area contributed by atoms with Gasteiger partial charge in [0.25, 0.3) is 5.56 Å². The number of aromatic nitrogens is 4. The monoisotopic (exact) mass is 186 g/mol. The van der Waals surface area contributed by atoms with Crippen LogP contribution >= 0.6 is 0 Å². The number of aromatic amines is 1. The summed E-state index contributed by atoms with van der Waals surface area (Å²) in [5.41, 5.74) is 1.83. The average Bonchev–Trinajstić information content (AvgIpc) is 2.57. The summed E-state index contributed by atoms with van der Waals surface area (Å²) in [5.74, 6) is 0. The van der Waals surface area contributed by atoms with E-state index in [9.17, 15) is 4.79 Å². The SMILES string of the molecule is O=c1[nH]nc2cc3ncccn3cc1-2. The first-order valence-corrected chi connectivity index (χ1v) is 4.16. The highest BCUT2D eigenvalue weighted by molar-refractivity contribution is 5.64. The molecule has 0 bridgehead atoms. The quantitative estimate of drug-likeness (QED) is 0.556. The van der Waals surface area contributed by atoms with Crippen molar-refractivity contribution >= 4 is 5.65 Å². The number of fused-ring (bicyclic) bond motifs is 2. The Labute approximate surface area is 78.4 Å². The number of nitrogens with zero attached hydrogens (tertiary/aromatic N) is 3. The molecule has 0 saturated heterocycles. The molecule has 0 amide bonds. The van der Waals surface area contributed by atoms with E-state index in [1.54, 1.807) is 22.9 Å². The number of hydrogen-bond acceptors (Lipinski definition) is 3. The molecule has 0 radical (unpaired) electrons. The van der Waals surface area contributed by atoms with E-state index in [0.29, 0.717) is 11.3 Å². The fourth-order valence-electron chi connectivity index (χ4n) is 1.46. The second kappa shape index (κ2) is 2.41. The minimum absolute atomic E-state index is 0.168. The third kappa shape index (κ3) is 0.861. The van der Waals surface area contributed by atoms with Crippen LogP contribution in [0.4, 0.5) is 0 Å². The van der Waals surface area contributed by atoms with Crippen LogP contribution in [0.5, 0.6) is 0 Å². The number of pyridine rings is 1. The van der Waals surface area contributed by atoms with Crippen LogP contribution in [-0.4, -0.2) is 19.6 Å². The highest BCUT2D eigenvalue weighted by Gasteiger charge is 2.10. The maximum atomic E-state index is 11.3. The minimum atomic E-state index is -0.168. The first kappa shape index (κ1) is 7.25. The highest BCUT2D eigenvalue weighted by atomic mass is 16.1. The second-order valence-corrected chi connectivity index (χ2v) is 3.01. The predicted octanol–water partition coefficient (Wildman–Crippen LogP) is 0.522. The van der Waals surface area contributed by atoms with E-state index in [0.717, 1.165) is 5.65 Å². The van der Waals surface area contributed by atoms with Crippen molar-refractivity contribution in [2.75, 3.05) is 0 Å². The number of hydrogen-bond donors (Lipinski definition) is 1. The normalized spacial score (nSPS) is 11.1. The van der Waals surface area contributed by atoms with Crippen LogP contribution < -0.4 is 5.56 Å². The molecule has 2 aliphatic heterocycles. The zero-order valence-corrected chi connectivity index (χ0v) is 7.14. The van der Waals surface area contributed by atoms with Crippen molar-refractivity contribution in [3.63, 3.8) is 0 Å². The lowest BCUT2D eigenvalue weighted by molar-refractivity contribution is 1.06. The molecular formula is C9H6N4O. The lowest BCUT2D eigenvalue weighted by Gasteiger charge is -2.01. The van der Waals surface area contributed by atoms with Gasteiger partial charge in [-0.25, -0.2) is 10.1 Å². The van der Waals surface area contributed by atoms with Crippen molar-refractivity contribution in [2.45, 2.75) is 0 Å². The molecule has 0 fully saturated rings. The molecule has 0 unspecified atom stereocenters. The number of H-pyrrole nitrogens is 1. The first-order chi connectivity index (χ1) is 6.84. The van der Waals surface area contributed by atoms with Gasteiger partial charge in [0.05, 0.1) is 5.56 Å². The molecule has 68 valence electrons. The summed E-state index contributed by atoms with van der Waals surface area (Å²) in [6.45, 7) is 0. The Morgan fingerprint density at radius 2 is 2.36 bits per heavy atom. The van der Waals surface area contributed by atoms with Crippen LogP contribution in [0, 0.1) is 0 Å². The topological polar surface area (TPSA) is 63.0 Å². The van der Waals surface area contributed by atoms with Gasteiger partial charge in [-0.05, 0) is 6.07 Å². The number of nitrogens with one attached hydrogen (secondary N) is 1. The Bertz CT molecular complexity index is 624. The summed E-state index contributed by atoms with van der Waals surface area (Å²) >= 11 is 0. The molecule has 14 heavy (non-hydrogen) atoms. The minimum Gasteiger partial charge on any atom is -0.308 e. The Balaban J connectivity index is 2.56. The summed E-state index contributed by atoms with van der Waals surface area (Å²) in [6, 6.07) is 3.58. The van der Waals surface area contributed by atoms with E-state index in [1.165, 1.54) is 0 Å². The van der Waals surface area contributed by atoms with Crippen LogP contribution in [0.1, 0.15) is 0 Å². The third-order valence-electron chi connectivity index (χ3n) is 2.14. The van der Waals surface area contributed by atoms with Gasteiger partial charge in [-0.1, -0.05) is 0 Å². The van der Waals surface area contributed by atoms with Gasteiger partial charge in [0.1, 0.15) is 11.3 Å². The number of rotatable bonds is 0. The van der Waals surface area contributed by atoms with Crippen LogP contribution in [0.3, 0.4) is 0 Å². The molecule has 0 aliphatic carbocycles. The Kier molecular flexibility index (Phi) is 1.25. The Hall–Kier alpha value is -2.17. The molecule has 0 atom stereocenters. The molecule has 3 rings (SSSR count). The van der Waals surface area contributed by atoms with Crippen molar-refractivity contribution in [1.82, 2.24) is 19.6 Å². The van der Waals surface area contributed by atoms with Crippen molar-refractivity contribution in [3.8, 4) is 11.3 Å². The standard InChI is InChI=1S/C9H6N4O/c14-9-6-5-13-3-1-2-10-8(13)4-7(6)11-12-9/h1-5H,(H,12,14). The molecule has 1 aromatic heterocycles. The molecule has 5 heteroatoms. The van der Waals surface area contributed by atoms with Gasteiger partial charge in [0, 0.05) is 24.7 Å². The van der Waals surface area contributed by atoms with Gasteiger partial charge >= 0.3 is 0 Å². The first-order valence-electron chi connectivity index (χ1n) is 4.16. The van der Waals surface area contributed by atoms with Gasteiger partial charge in [-0.3, -0.25) is 4.79 Å². The van der Waals surface area contributed by atoms with Gasteiger partial charge in [-0.2, -0.15) is 5.10 Å². The van der Waals surface area contributed by atoms with Crippen LogP contribution in [0.2, 0.25) is 0 Å². The molecular weight excluding hydrogens is 180 g/mol. The molecule has 1 aromatic rings. The summed E-state index contributed by atoms with van der Waals surface area (Å²) in [5, 5.41) is 6.28. The summed E-state index contributed by atoms with van der Waals surface area (Å²) in [4.78, 5) is 15.4. The Morgan fingerprint density at radius 1 is 1.43 bits per heavy atom. The van der Waals surface area contributed by atoms with Gasteiger partial charge in [0.2, 0.25) is 0 Å². The van der Waals surface area contributed by atoms with E-state index in [-0.39, 0.29) is 5.56 Å². The van der Waals surface area contributed by atoms with Gasteiger partial charge < -0.3 is 4.40 Å². The molecule has 5 nitrogen and oxygen atoms in total. The van der Waals surface area contributed by atoms with Crippen LogP contribution in [0.15, 0.2) is 35.5 Å². The second-order valence-electron chi connectivity index (χ2n) is 3.01. The third-order valence-corrected chi connectivity index (χ3v) is 2.14. The van der Waals surface area contributed by atoms with Crippen LogP contribution in [-0.2, 0) is 0 Å². The van der Waals surface area contributed by atoms with E-state index < -0.39 is 0 Å². The fourth-order valence-corrected chi connectivity index (χ4v) is 1.46. The zero-order chi connectivity index (χ0) is 9.54. The summed E-state index contributed by atoms with van der Waals surface area (Å²) in [6.07, 6.45) is 5.27. The van der Waals surface area contributed by atoms with Crippen LogP contribution in [0.25, 0.3) is 16.9 Å². The lowest BCUT2D eigenvalue weighted by atomic mass is 10.2. The van der Waals surface area contributed by atoms with E-state index in [1.807, 2.05) is 12.3 Å². The maximum absolute atomic E-state index is 11.3. The van der Waals surface area contributed by atoms with Gasteiger partial charge in [0.15, 0.2) is 0 Å². The smallest absolute Gasteiger partial charge is 0.275 e. The highest BCUT2D eigenvalue weighted by Crippen LogP contribution is 2.15. The fraction of sp³-hybridized carbons (Fsp3) is 0. The van der Waals surface area contributed by atoms with E-state index >= 15 is 0 Å². The van der Waals surface area contributed by atoms with Crippen molar-refractivity contribution in [2.24, 2.45) is 0 Å². The van der Waals surface area contributed by atoms with E-state index in [4.69, 9.17) is 0 Å². The lowest BCUT2D eigenvalue weighted by Crippen LogP contribution is -2.02. The average molecular weight is 186 g/mol.